The molecule has 2 heteroatoms. The summed E-state index contributed by atoms with van der Waals surface area (Å²) in [4.78, 5) is 7.09. The lowest BCUT2D eigenvalue weighted by atomic mass is 9.97. The topological polar surface area (TPSA) is 16.1 Å². The van der Waals surface area contributed by atoms with Gasteiger partial charge in [0.15, 0.2) is 0 Å². The monoisotopic (exact) mass is 298 g/mol. The number of para-hydroxylation sites is 2. The van der Waals surface area contributed by atoms with Crippen LogP contribution in [-0.2, 0) is 6.42 Å². The van der Waals surface area contributed by atoms with E-state index in [1.807, 2.05) is 18.2 Å². The standard InChI is InChI=1S/C21H18N2/c1-2-13-23-15-18(14-17-8-4-6-10-21(17)23)20-12-11-16-7-3-5-9-19(16)22-20/h2-12,15H,1,13-14H2. The number of hydrogen-bond donors (Lipinski definition) is 0. The van der Waals surface area contributed by atoms with E-state index in [2.05, 4.69) is 66.2 Å². The van der Waals surface area contributed by atoms with Crippen molar-refractivity contribution in [2.24, 2.45) is 0 Å². The fraction of sp³-hybridized carbons (Fsp3) is 0.0952. The van der Waals surface area contributed by atoms with Gasteiger partial charge in [-0.2, -0.15) is 0 Å². The minimum atomic E-state index is 0.800. The molecule has 3 aromatic rings. The summed E-state index contributed by atoms with van der Waals surface area (Å²) >= 11 is 0. The molecule has 0 fully saturated rings. The highest BCUT2D eigenvalue weighted by atomic mass is 15.1. The van der Waals surface area contributed by atoms with Crippen LogP contribution in [-0.4, -0.2) is 11.5 Å². The van der Waals surface area contributed by atoms with Crippen LogP contribution in [0.15, 0.2) is 79.5 Å². The maximum Gasteiger partial charge on any atom is 0.0709 e. The largest absolute Gasteiger partial charge is 0.344 e. The molecule has 112 valence electrons. The van der Waals surface area contributed by atoms with Crippen molar-refractivity contribution in [3.05, 3.63) is 90.8 Å². The van der Waals surface area contributed by atoms with Crippen LogP contribution in [0.1, 0.15) is 11.3 Å². The molecule has 0 atom stereocenters. The molecule has 0 radical (unpaired) electrons. The molecule has 2 heterocycles. The van der Waals surface area contributed by atoms with Gasteiger partial charge in [0, 0.05) is 30.2 Å². The molecule has 1 aromatic heterocycles. The van der Waals surface area contributed by atoms with Crippen LogP contribution in [0.3, 0.4) is 0 Å². The first-order valence-electron chi connectivity index (χ1n) is 7.87. The molecule has 23 heavy (non-hydrogen) atoms. The van der Waals surface area contributed by atoms with Crippen molar-refractivity contribution in [3.63, 3.8) is 0 Å². The summed E-state index contributed by atoms with van der Waals surface area (Å²) in [6.07, 6.45) is 5.06. The third-order valence-electron chi connectivity index (χ3n) is 4.25. The first-order valence-corrected chi connectivity index (χ1v) is 7.87. The molecule has 0 aliphatic carbocycles. The van der Waals surface area contributed by atoms with Crippen molar-refractivity contribution < 1.29 is 0 Å². The summed E-state index contributed by atoms with van der Waals surface area (Å²) in [7, 11) is 0. The highest BCUT2D eigenvalue weighted by molar-refractivity contribution is 5.83. The maximum atomic E-state index is 4.85. The van der Waals surface area contributed by atoms with Gasteiger partial charge in [-0.3, -0.25) is 0 Å². The summed E-state index contributed by atoms with van der Waals surface area (Å²) in [6, 6.07) is 21.1. The number of pyridine rings is 1. The average molecular weight is 298 g/mol. The number of hydrogen-bond acceptors (Lipinski definition) is 2. The molecule has 0 saturated heterocycles. The number of rotatable bonds is 3. The molecule has 1 aliphatic rings. The second-order valence-electron chi connectivity index (χ2n) is 5.79. The van der Waals surface area contributed by atoms with Crippen LogP contribution >= 0.6 is 0 Å². The smallest absolute Gasteiger partial charge is 0.0709 e. The zero-order chi connectivity index (χ0) is 15.6. The van der Waals surface area contributed by atoms with Gasteiger partial charge in [0.25, 0.3) is 0 Å². The highest BCUT2D eigenvalue weighted by Crippen LogP contribution is 2.32. The summed E-state index contributed by atoms with van der Waals surface area (Å²) in [5.41, 5.74) is 5.93. The van der Waals surface area contributed by atoms with Gasteiger partial charge in [-0.15, -0.1) is 6.58 Å². The lowest BCUT2D eigenvalue weighted by molar-refractivity contribution is 1.03. The van der Waals surface area contributed by atoms with E-state index in [4.69, 9.17) is 4.98 Å². The van der Waals surface area contributed by atoms with Gasteiger partial charge in [-0.05, 0) is 29.3 Å². The molecule has 0 bridgehead atoms. The van der Waals surface area contributed by atoms with Crippen LogP contribution in [0.5, 0.6) is 0 Å². The number of fused-ring (bicyclic) bond motifs is 2. The lowest BCUT2D eigenvalue weighted by Crippen LogP contribution is -2.22. The van der Waals surface area contributed by atoms with Crippen molar-refractivity contribution in [3.8, 4) is 0 Å². The van der Waals surface area contributed by atoms with Gasteiger partial charge < -0.3 is 4.90 Å². The summed E-state index contributed by atoms with van der Waals surface area (Å²) in [5, 5.41) is 1.18. The Morgan fingerprint density at radius 3 is 2.74 bits per heavy atom. The summed E-state index contributed by atoms with van der Waals surface area (Å²) in [6.45, 7) is 4.68. The van der Waals surface area contributed by atoms with Crippen LogP contribution in [0.2, 0.25) is 0 Å². The van der Waals surface area contributed by atoms with E-state index in [-0.39, 0.29) is 0 Å². The van der Waals surface area contributed by atoms with E-state index >= 15 is 0 Å². The number of anilines is 1. The van der Waals surface area contributed by atoms with E-state index in [0.29, 0.717) is 0 Å². The highest BCUT2D eigenvalue weighted by Gasteiger charge is 2.18. The van der Waals surface area contributed by atoms with E-state index in [1.165, 1.54) is 22.2 Å². The number of nitrogens with zero attached hydrogens (tertiary/aromatic N) is 2. The molecular formula is C21H18N2. The first-order chi connectivity index (χ1) is 11.3. The normalized spacial score (nSPS) is 13.6. The third-order valence-corrected chi connectivity index (χ3v) is 4.25. The van der Waals surface area contributed by atoms with Gasteiger partial charge in [0.05, 0.1) is 11.2 Å². The second kappa shape index (κ2) is 5.73. The molecule has 0 spiro atoms. The van der Waals surface area contributed by atoms with Crippen molar-refractivity contribution >= 4 is 22.2 Å². The zero-order valence-corrected chi connectivity index (χ0v) is 12.9. The zero-order valence-electron chi connectivity index (χ0n) is 12.9. The Morgan fingerprint density at radius 2 is 1.83 bits per heavy atom. The van der Waals surface area contributed by atoms with E-state index in [0.717, 1.165) is 24.2 Å². The Morgan fingerprint density at radius 1 is 1.00 bits per heavy atom. The maximum absolute atomic E-state index is 4.85. The molecule has 0 N–H and O–H groups in total. The summed E-state index contributed by atoms with van der Waals surface area (Å²) in [5.74, 6) is 0. The Bertz CT molecular complexity index is 908. The van der Waals surface area contributed by atoms with Crippen LogP contribution in [0.4, 0.5) is 5.69 Å². The SMILES string of the molecule is C=CCN1C=C(c2ccc3ccccc3n2)Cc2ccccc21. The number of aromatic nitrogens is 1. The number of allylic oxidation sites excluding steroid dienone is 1. The number of benzene rings is 2. The van der Waals surface area contributed by atoms with Crippen LogP contribution < -0.4 is 4.90 Å². The molecule has 0 saturated carbocycles. The fourth-order valence-electron chi connectivity index (χ4n) is 3.14. The van der Waals surface area contributed by atoms with Crippen molar-refractivity contribution in [1.29, 1.82) is 0 Å². The Hall–Kier alpha value is -2.87. The predicted octanol–water partition coefficient (Wildman–Crippen LogP) is 4.82. The first kappa shape index (κ1) is 13.8. The van der Waals surface area contributed by atoms with Crippen LogP contribution in [0.25, 0.3) is 16.5 Å². The molecule has 0 amide bonds. The Labute approximate surface area is 136 Å². The summed E-state index contributed by atoms with van der Waals surface area (Å²) < 4.78 is 0. The second-order valence-corrected chi connectivity index (χ2v) is 5.79. The van der Waals surface area contributed by atoms with E-state index < -0.39 is 0 Å². The molecule has 0 unspecified atom stereocenters. The van der Waals surface area contributed by atoms with E-state index in [9.17, 15) is 0 Å². The van der Waals surface area contributed by atoms with Gasteiger partial charge in [-0.1, -0.05) is 48.5 Å². The molecule has 1 aliphatic heterocycles. The van der Waals surface area contributed by atoms with Gasteiger partial charge >= 0.3 is 0 Å². The Kier molecular flexibility index (Phi) is 3.43. The molecular weight excluding hydrogens is 280 g/mol. The van der Waals surface area contributed by atoms with Crippen molar-refractivity contribution in [1.82, 2.24) is 4.98 Å². The molecule has 4 rings (SSSR count). The Balaban J connectivity index is 1.79. The van der Waals surface area contributed by atoms with E-state index in [1.54, 1.807) is 0 Å². The quantitative estimate of drug-likeness (QED) is 0.644. The van der Waals surface area contributed by atoms with Gasteiger partial charge in [-0.25, -0.2) is 4.98 Å². The fourth-order valence-corrected chi connectivity index (χ4v) is 3.14. The van der Waals surface area contributed by atoms with Crippen molar-refractivity contribution in [2.75, 3.05) is 11.4 Å². The average Bonchev–Trinajstić information content (AvgIpc) is 2.61. The van der Waals surface area contributed by atoms with Gasteiger partial charge in [0.1, 0.15) is 0 Å². The molecule has 2 aromatic carbocycles. The van der Waals surface area contributed by atoms with Crippen LogP contribution in [0, 0.1) is 0 Å². The van der Waals surface area contributed by atoms with Gasteiger partial charge in [0.2, 0.25) is 0 Å². The van der Waals surface area contributed by atoms with Crippen molar-refractivity contribution in [2.45, 2.75) is 6.42 Å². The lowest BCUT2D eigenvalue weighted by Gasteiger charge is -2.28. The minimum Gasteiger partial charge on any atom is -0.344 e. The third kappa shape index (κ3) is 2.53. The minimum absolute atomic E-state index is 0.800. The predicted molar refractivity (Wildman–Crippen MR) is 97.4 cm³/mol. The molecule has 2 nitrogen and oxygen atoms in total.